The topological polar surface area (TPSA) is 23.8 Å². The van der Waals surface area contributed by atoms with Crippen LogP contribution in [0.15, 0.2) is 48.6 Å². The number of benzene rings is 1. The maximum absolute atomic E-state index is 8.19. The molecule has 1 nitrogen and oxygen atoms in total. The average molecular weight is 175 g/mol. The molecule has 66 valence electrons. The average Bonchev–Trinajstić information content (AvgIpc) is 2.14. The first-order chi connectivity index (χ1) is 5.93. The van der Waals surface area contributed by atoms with Crippen molar-refractivity contribution in [2.75, 3.05) is 0 Å². The molecule has 0 amide bonds. The van der Waals surface area contributed by atoms with E-state index in [0.717, 1.165) is 5.56 Å². The smallest absolute Gasteiger partial charge is 0.0912 e. The lowest BCUT2D eigenvalue weighted by Crippen LogP contribution is -1.66. The lowest BCUT2D eigenvalue weighted by molar-refractivity contribution is 1.11. The molecule has 0 radical (unpaired) electrons. The third kappa shape index (κ3) is 4.54. The molecule has 0 aromatic heterocycles. The summed E-state index contributed by atoms with van der Waals surface area (Å²) in [5.41, 5.74) is 1.14. The molecule has 0 bridgehead atoms. The fourth-order valence-corrected chi connectivity index (χ4v) is 0.829. The first-order valence-corrected chi connectivity index (χ1v) is 3.71. The normalized spacial score (nSPS) is 9.77. The Labute approximate surface area is 77.0 Å². The molecule has 0 N–H and O–H groups in total. The van der Waals surface area contributed by atoms with E-state index in [9.17, 15) is 0 Å². The van der Waals surface area contributed by atoms with Gasteiger partial charge in [-0.25, -0.2) is 0 Å². The Morgan fingerprint density at radius 2 is 1.77 bits per heavy atom. The van der Waals surface area contributed by atoms with Crippen molar-refractivity contribution >= 4 is 6.08 Å². The number of hydrogen-bond donors (Lipinski definition) is 0. The summed E-state index contributed by atoms with van der Waals surface area (Å²) >= 11 is 0. The largest absolute Gasteiger partial charge is 0.269 e. The van der Waals surface area contributed by atoms with Crippen LogP contribution >= 0.6 is 0 Å². The first kappa shape index (κ1) is 11.1. The summed E-state index contributed by atoms with van der Waals surface area (Å²) in [5.74, 6) is 0. The number of nitriles is 1. The number of hydrogen-bond acceptors (Lipinski definition) is 1. The molecule has 0 aliphatic heterocycles. The van der Waals surface area contributed by atoms with Crippen LogP contribution in [-0.2, 0) is 0 Å². The molecule has 0 unspecified atom stereocenters. The van der Waals surface area contributed by atoms with Gasteiger partial charge in [0.1, 0.15) is 0 Å². The summed E-state index contributed by atoms with van der Waals surface area (Å²) in [6.45, 7) is 0. The van der Waals surface area contributed by atoms with Gasteiger partial charge in [0.05, 0.1) is 6.07 Å². The van der Waals surface area contributed by atoms with Crippen LogP contribution in [-0.4, -0.2) is 0 Å². The SMILES string of the molecule is F.N#CC=CC=Cc1ccccc1. The zero-order valence-corrected chi connectivity index (χ0v) is 7.05. The molecular weight excluding hydrogens is 165 g/mol. The molecule has 0 atom stereocenters. The van der Waals surface area contributed by atoms with Gasteiger partial charge in [-0.1, -0.05) is 48.6 Å². The van der Waals surface area contributed by atoms with Crippen LogP contribution in [0.2, 0.25) is 0 Å². The molecule has 0 saturated carbocycles. The standard InChI is InChI=1S/C11H9N.FH/c12-10-6-2-5-9-11-7-3-1-4-8-11;/h1-9H;1H. The highest BCUT2D eigenvalue weighted by molar-refractivity contribution is 5.50. The quantitative estimate of drug-likeness (QED) is 0.500. The summed E-state index contributed by atoms with van der Waals surface area (Å²) in [6.07, 6.45) is 6.96. The highest BCUT2D eigenvalue weighted by Gasteiger charge is 1.78. The molecule has 1 aromatic rings. The van der Waals surface area contributed by atoms with E-state index in [1.165, 1.54) is 6.08 Å². The summed E-state index contributed by atoms with van der Waals surface area (Å²) in [5, 5.41) is 8.19. The van der Waals surface area contributed by atoms with Crippen molar-refractivity contribution in [3.63, 3.8) is 0 Å². The van der Waals surface area contributed by atoms with E-state index in [1.807, 2.05) is 48.6 Å². The lowest BCUT2D eigenvalue weighted by Gasteiger charge is -1.87. The minimum Gasteiger partial charge on any atom is -0.269 e. The van der Waals surface area contributed by atoms with Gasteiger partial charge >= 0.3 is 0 Å². The predicted octanol–water partition coefficient (Wildman–Crippen LogP) is 2.93. The molecule has 0 fully saturated rings. The van der Waals surface area contributed by atoms with Crippen molar-refractivity contribution in [3.8, 4) is 6.07 Å². The minimum absolute atomic E-state index is 0. The van der Waals surface area contributed by atoms with Gasteiger partial charge in [0.2, 0.25) is 0 Å². The van der Waals surface area contributed by atoms with Gasteiger partial charge < -0.3 is 0 Å². The molecule has 1 rings (SSSR count). The maximum Gasteiger partial charge on any atom is 0.0912 e. The second-order valence-corrected chi connectivity index (χ2v) is 2.26. The highest BCUT2D eigenvalue weighted by Crippen LogP contribution is 2.00. The number of halogens is 1. The second-order valence-electron chi connectivity index (χ2n) is 2.26. The Balaban J connectivity index is 0.00000144. The van der Waals surface area contributed by atoms with Gasteiger partial charge in [-0.3, -0.25) is 4.70 Å². The van der Waals surface area contributed by atoms with Crippen molar-refractivity contribution in [1.82, 2.24) is 0 Å². The lowest BCUT2D eigenvalue weighted by atomic mass is 10.2. The van der Waals surface area contributed by atoms with E-state index < -0.39 is 0 Å². The molecule has 1 aromatic carbocycles. The van der Waals surface area contributed by atoms with Crippen LogP contribution in [0, 0.1) is 11.3 Å². The van der Waals surface area contributed by atoms with Crippen molar-refractivity contribution in [2.45, 2.75) is 0 Å². The van der Waals surface area contributed by atoms with Crippen LogP contribution < -0.4 is 0 Å². The van der Waals surface area contributed by atoms with Gasteiger partial charge in [-0.15, -0.1) is 0 Å². The fourth-order valence-electron chi connectivity index (χ4n) is 0.829. The van der Waals surface area contributed by atoms with Crippen LogP contribution in [0.5, 0.6) is 0 Å². The zero-order chi connectivity index (χ0) is 8.65. The minimum atomic E-state index is 0. The van der Waals surface area contributed by atoms with E-state index >= 15 is 0 Å². The molecular formula is C11H10FN. The van der Waals surface area contributed by atoms with E-state index in [4.69, 9.17) is 5.26 Å². The summed E-state index contributed by atoms with van der Waals surface area (Å²) in [6, 6.07) is 11.9. The van der Waals surface area contributed by atoms with Crippen LogP contribution in [0.3, 0.4) is 0 Å². The van der Waals surface area contributed by atoms with E-state index in [1.54, 1.807) is 6.08 Å². The number of rotatable bonds is 2. The van der Waals surface area contributed by atoms with E-state index in [2.05, 4.69) is 0 Å². The van der Waals surface area contributed by atoms with Crippen LogP contribution in [0.25, 0.3) is 6.08 Å². The predicted molar refractivity (Wildman–Crippen MR) is 52.7 cm³/mol. The van der Waals surface area contributed by atoms with Gasteiger partial charge in [0.25, 0.3) is 0 Å². The van der Waals surface area contributed by atoms with Crippen molar-refractivity contribution in [2.24, 2.45) is 0 Å². The van der Waals surface area contributed by atoms with E-state index in [-0.39, 0.29) is 4.70 Å². The highest BCUT2D eigenvalue weighted by atomic mass is 19.0. The molecule has 0 spiro atoms. The Kier molecular flexibility index (Phi) is 5.82. The van der Waals surface area contributed by atoms with Crippen LogP contribution in [0.4, 0.5) is 4.70 Å². The molecule has 0 saturated heterocycles. The summed E-state index contributed by atoms with van der Waals surface area (Å²) < 4.78 is 0. The number of nitrogens with zero attached hydrogens (tertiary/aromatic N) is 1. The summed E-state index contributed by atoms with van der Waals surface area (Å²) in [7, 11) is 0. The summed E-state index contributed by atoms with van der Waals surface area (Å²) in [4.78, 5) is 0. The fraction of sp³-hybridized carbons (Fsp3) is 0. The van der Waals surface area contributed by atoms with Gasteiger partial charge in [0, 0.05) is 6.08 Å². The van der Waals surface area contributed by atoms with Gasteiger partial charge in [0.15, 0.2) is 0 Å². The first-order valence-electron chi connectivity index (χ1n) is 3.71. The Bertz CT molecular complexity index is 320. The third-order valence-corrected chi connectivity index (χ3v) is 1.37. The molecule has 2 heteroatoms. The van der Waals surface area contributed by atoms with Gasteiger partial charge in [-0.05, 0) is 5.56 Å². The zero-order valence-electron chi connectivity index (χ0n) is 7.05. The third-order valence-electron chi connectivity index (χ3n) is 1.37. The van der Waals surface area contributed by atoms with Crippen molar-refractivity contribution < 1.29 is 4.70 Å². The van der Waals surface area contributed by atoms with Crippen molar-refractivity contribution in [3.05, 3.63) is 54.1 Å². The Morgan fingerprint density at radius 1 is 1.08 bits per heavy atom. The second kappa shape index (κ2) is 6.81. The maximum atomic E-state index is 8.19. The Hall–Kier alpha value is -1.88. The number of allylic oxidation sites excluding steroid dienone is 3. The molecule has 0 heterocycles. The van der Waals surface area contributed by atoms with Crippen molar-refractivity contribution in [1.29, 1.82) is 5.26 Å². The molecule has 13 heavy (non-hydrogen) atoms. The van der Waals surface area contributed by atoms with E-state index in [0.29, 0.717) is 0 Å². The molecule has 0 aliphatic rings. The monoisotopic (exact) mass is 175 g/mol. The van der Waals surface area contributed by atoms with Crippen LogP contribution in [0.1, 0.15) is 5.56 Å². The Morgan fingerprint density at radius 3 is 2.38 bits per heavy atom. The van der Waals surface area contributed by atoms with Gasteiger partial charge in [-0.2, -0.15) is 5.26 Å². The molecule has 0 aliphatic carbocycles.